The van der Waals surface area contributed by atoms with E-state index in [1.807, 2.05) is 0 Å². The Kier molecular flexibility index (Phi) is 4.52. The number of rotatable bonds is 3. The van der Waals surface area contributed by atoms with Crippen LogP contribution in [0.25, 0.3) is 0 Å². The summed E-state index contributed by atoms with van der Waals surface area (Å²) in [5, 5.41) is 19.9. The molecule has 0 saturated carbocycles. The second-order valence-corrected chi connectivity index (χ2v) is 8.69. The van der Waals surface area contributed by atoms with Crippen LogP contribution in [0.5, 0.6) is 0 Å². The summed E-state index contributed by atoms with van der Waals surface area (Å²) >= 11 is 0. The van der Waals surface area contributed by atoms with Crippen LogP contribution in [0, 0.1) is 17.0 Å². The molecular formula is C26H17N2O7-. The highest BCUT2D eigenvalue weighted by molar-refractivity contribution is 6.37. The fraction of sp³-hybridized carbons (Fsp3) is 0.154. The number of ether oxygens (including phenoxy) is 1. The van der Waals surface area contributed by atoms with Gasteiger partial charge in [0, 0.05) is 11.1 Å². The lowest BCUT2D eigenvalue weighted by molar-refractivity contribution is -0.127. The van der Waals surface area contributed by atoms with Gasteiger partial charge in [-0.1, -0.05) is 54.6 Å². The van der Waals surface area contributed by atoms with E-state index >= 15 is 0 Å². The van der Waals surface area contributed by atoms with Gasteiger partial charge < -0.3 is 15.2 Å². The van der Waals surface area contributed by atoms with Crippen LogP contribution in [-0.4, -0.2) is 34.2 Å². The fourth-order valence-corrected chi connectivity index (χ4v) is 5.44. The highest BCUT2D eigenvalue weighted by Gasteiger charge is 2.74. The van der Waals surface area contributed by atoms with Crippen LogP contribution in [0.4, 0.5) is 11.4 Å². The topological polar surface area (TPSA) is 127 Å². The molecule has 3 aromatic carbocycles. The summed E-state index contributed by atoms with van der Waals surface area (Å²) in [4.78, 5) is 55.8. The molecule has 2 heterocycles. The van der Waals surface area contributed by atoms with Crippen LogP contribution >= 0.6 is 0 Å². The van der Waals surface area contributed by atoms with E-state index in [0.717, 1.165) is 4.90 Å². The number of nitrogens with zero attached hydrogens (tertiary/aromatic N) is 2. The Morgan fingerprint density at radius 3 is 1.94 bits per heavy atom. The summed E-state index contributed by atoms with van der Waals surface area (Å²) in [5.74, 6) is -5.08. The molecule has 174 valence electrons. The summed E-state index contributed by atoms with van der Waals surface area (Å²) in [6.45, 7) is 0. The molecule has 9 heteroatoms. The molecule has 2 amide bonds. The third kappa shape index (κ3) is 2.74. The summed E-state index contributed by atoms with van der Waals surface area (Å²) in [6.07, 6.45) is -1.00. The summed E-state index contributed by atoms with van der Waals surface area (Å²) in [5.41, 5.74) is -1.20. The monoisotopic (exact) mass is 469 g/mol. The van der Waals surface area contributed by atoms with Crippen molar-refractivity contribution >= 4 is 34.8 Å². The van der Waals surface area contributed by atoms with Crippen LogP contribution in [-0.2, 0) is 14.3 Å². The second-order valence-electron chi connectivity index (χ2n) is 8.69. The lowest BCUT2D eigenvalue weighted by Crippen LogP contribution is -2.51. The minimum atomic E-state index is -2.15. The minimum Gasteiger partial charge on any atom is -0.733 e. The number of hydrogen-bond acceptors (Lipinski definition) is 8. The summed E-state index contributed by atoms with van der Waals surface area (Å²) < 4.78 is 6.20. The zero-order valence-corrected chi connectivity index (χ0v) is 18.0. The van der Waals surface area contributed by atoms with E-state index in [1.54, 1.807) is 42.5 Å². The van der Waals surface area contributed by atoms with Crippen molar-refractivity contribution in [1.82, 2.24) is 0 Å². The Balaban J connectivity index is 1.51. The molecule has 1 aliphatic carbocycles. The van der Waals surface area contributed by atoms with E-state index in [-0.39, 0.29) is 27.7 Å². The predicted octanol–water partition coefficient (Wildman–Crippen LogP) is 3.08. The second kappa shape index (κ2) is 7.41. The Labute approximate surface area is 198 Å². The first-order chi connectivity index (χ1) is 16.9. The number of ketones is 2. The number of hydrogen-bond donors (Lipinski definition) is 1. The number of carbonyl (C=O) groups excluding carboxylic acids is 4. The van der Waals surface area contributed by atoms with Crippen molar-refractivity contribution in [2.45, 2.75) is 11.7 Å². The maximum atomic E-state index is 13.8. The van der Waals surface area contributed by atoms with Crippen LogP contribution < -0.4 is 10.1 Å². The maximum Gasteiger partial charge on any atom is 0.241 e. The summed E-state index contributed by atoms with van der Waals surface area (Å²) in [7, 11) is 0. The van der Waals surface area contributed by atoms with Gasteiger partial charge in [-0.3, -0.25) is 24.4 Å². The molecule has 2 saturated heterocycles. The van der Waals surface area contributed by atoms with Crippen molar-refractivity contribution in [2.24, 2.45) is 11.8 Å². The maximum absolute atomic E-state index is 13.8. The number of fused-ring (bicyclic) bond motifs is 3. The van der Waals surface area contributed by atoms with Crippen molar-refractivity contribution in [3.05, 3.63) is 101 Å². The predicted molar refractivity (Wildman–Crippen MR) is 122 cm³/mol. The van der Waals surface area contributed by atoms with E-state index in [1.165, 1.54) is 36.4 Å². The molecule has 6 rings (SSSR count). The fourth-order valence-electron chi connectivity index (χ4n) is 5.44. The number of carbonyl (C=O) groups is 4. The summed E-state index contributed by atoms with van der Waals surface area (Å²) in [6, 6.07) is 20.2. The standard InChI is InChI=1S/C26H17N2O7/c29-22-17-8-4-5-9-18(17)23(30)26(22)20-19(21(35-26)14-6-2-1-3-7-14)24(31)27(25(20)32)15-10-12-16(13-11-15)28(33)34/h1-13,19-21,33H/q-1. The highest BCUT2D eigenvalue weighted by Crippen LogP contribution is 2.57. The Hall–Kier alpha value is -4.18. The molecule has 1 N–H and O–H groups in total. The SMILES string of the molecule is O=C1C2C(c3ccccc3)OC3(C(=O)c4ccccc4C3=O)C2C(=O)N1c1ccc(N([O-])O)cc1. The van der Waals surface area contributed by atoms with Crippen molar-refractivity contribution < 1.29 is 29.1 Å². The minimum absolute atomic E-state index is 0.0911. The first-order valence-corrected chi connectivity index (χ1v) is 10.9. The number of benzene rings is 3. The van der Waals surface area contributed by atoms with Crippen LogP contribution in [0.15, 0.2) is 78.9 Å². The first kappa shape index (κ1) is 21.4. The molecule has 3 unspecified atom stereocenters. The highest BCUT2D eigenvalue weighted by atomic mass is 16.8. The average Bonchev–Trinajstić information content (AvgIpc) is 3.44. The molecule has 9 nitrogen and oxygen atoms in total. The number of amides is 2. The average molecular weight is 469 g/mol. The van der Waals surface area contributed by atoms with Gasteiger partial charge in [0.15, 0.2) is 0 Å². The van der Waals surface area contributed by atoms with Gasteiger partial charge in [0.25, 0.3) is 0 Å². The van der Waals surface area contributed by atoms with Crippen LogP contribution in [0.2, 0.25) is 0 Å². The molecule has 2 fully saturated rings. The van der Waals surface area contributed by atoms with Gasteiger partial charge in [-0.25, -0.2) is 4.90 Å². The molecule has 3 atom stereocenters. The van der Waals surface area contributed by atoms with Gasteiger partial charge in [0.1, 0.15) is 0 Å². The molecule has 35 heavy (non-hydrogen) atoms. The van der Waals surface area contributed by atoms with Gasteiger partial charge in [0.05, 0.1) is 29.3 Å². The van der Waals surface area contributed by atoms with Crippen molar-refractivity contribution in [3.8, 4) is 0 Å². The van der Waals surface area contributed by atoms with E-state index in [0.29, 0.717) is 5.56 Å². The van der Waals surface area contributed by atoms with Crippen molar-refractivity contribution in [1.29, 1.82) is 0 Å². The normalized spacial score (nSPS) is 24.3. The molecule has 3 aliphatic rings. The van der Waals surface area contributed by atoms with Gasteiger partial charge in [-0.15, -0.1) is 0 Å². The molecule has 0 radical (unpaired) electrons. The Morgan fingerprint density at radius 2 is 1.37 bits per heavy atom. The Morgan fingerprint density at radius 1 is 0.800 bits per heavy atom. The number of anilines is 2. The van der Waals surface area contributed by atoms with Gasteiger partial charge in [-0.2, -0.15) is 0 Å². The molecular weight excluding hydrogens is 452 g/mol. The molecule has 0 bridgehead atoms. The molecule has 0 aromatic heterocycles. The van der Waals surface area contributed by atoms with Crippen LogP contribution in [0.1, 0.15) is 32.4 Å². The van der Waals surface area contributed by atoms with E-state index in [4.69, 9.17) is 9.94 Å². The third-order valence-corrected chi connectivity index (χ3v) is 6.98. The quantitative estimate of drug-likeness (QED) is 0.352. The van der Waals surface area contributed by atoms with E-state index < -0.39 is 46.9 Å². The van der Waals surface area contributed by atoms with Crippen LogP contribution in [0.3, 0.4) is 0 Å². The van der Waals surface area contributed by atoms with Crippen molar-refractivity contribution in [2.75, 3.05) is 10.1 Å². The number of imide groups is 1. The number of Topliss-reactive ketones (excluding diaryl/α,β-unsaturated/α-hetero) is 2. The Bertz CT molecular complexity index is 1370. The van der Waals surface area contributed by atoms with Gasteiger partial charge >= 0.3 is 0 Å². The van der Waals surface area contributed by atoms with Gasteiger partial charge in [0.2, 0.25) is 29.0 Å². The van der Waals surface area contributed by atoms with E-state index in [2.05, 4.69) is 0 Å². The largest absolute Gasteiger partial charge is 0.733 e. The van der Waals surface area contributed by atoms with E-state index in [9.17, 15) is 24.4 Å². The third-order valence-electron chi connectivity index (χ3n) is 6.98. The molecule has 3 aromatic rings. The lowest BCUT2D eigenvalue weighted by Gasteiger charge is -2.27. The zero-order valence-electron chi connectivity index (χ0n) is 18.0. The smallest absolute Gasteiger partial charge is 0.241 e. The first-order valence-electron chi connectivity index (χ1n) is 10.9. The lowest BCUT2D eigenvalue weighted by atomic mass is 9.77. The van der Waals surface area contributed by atoms with Gasteiger partial charge in [-0.05, 0) is 29.8 Å². The molecule has 1 spiro atoms. The van der Waals surface area contributed by atoms with Crippen molar-refractivity contribution in [3.63, 3.8) is 0 Å². The molecule has 2 aliphatic heterocycles. The zero-order chi connectivity index (χ0) is 24.5.